The van der Waals surface area contributed by atoms with Gasteiger partial charge in [-0.3, -0.25) is 0 Å². The van der Waals surface area contributed by atoms with E-state index in [1.807, 2.05) is 18.2 Å². The number of nitrogens with zero attached hydrogens (tertiary/aromatic N) is 1. The van der Waals surface area contributed by atoms with E-state index in [-0.39, 0.29) is 5.69 Å². The molecule has 0 saturated heterocycles. The van der Waals surface area contributed by atoms with Gasteiger partial charge in [0.1, 0.15) is 0 Å². The van der Waals surface area contributed by atoms with E-state index in [4.69, 9.17) is 9.63 Å². The first-order valence-electron chi connectivity index (χ1n) is 6.21. The lowest BCUT2D eigenvalue weighted by Gasteiger charge is -2.01. The van der Waals surface area contributed by atoms with Gasteiger partial charge in [-0.05, 0) is 12.0 Å². The summed E-state index contributed by atoms with van der Waals surface area (Å²) in [5, 5.41) is 15.6. The maximum atomic E-state index is 10.7. The molecule has 98 valence electrons. The maximum Gasteiger partial charge on any atom is 0.358 e. The number of nitrogens with one attached hydrogen (secondary N) is 1. The Hall–Kier alpha value is -2.14. The van der Waals surface area contributed by atoms with Crippen LogP contribution in [0.2, 0.25) is 0 Å². The summed E-state index contributed by atoms with van der Waals surface area (Å²) in [6, 6.07) is 12.2. The summed E-state index contributed by atoms with van der Waals surface area (Å²) in [5.41, 5.74) is 1.29. The normalized spacial score (nSPS) is 21.3. The van der Waals surface area contributed by atoms with E-state index in [0.717, 1.165) is 6.42 Å². The predicted octanol–water partition coefficient (Wildman–Crippen LogP) is 2.02. The molecule has 0 amide bonds. The zero-order chi connectivity index (χ0) is 13.2. The van der Waals surface area contributed by atoms with Crippen molar-refractivity contribution in [2.75, 3.05) is 0 Å². The lowest BCUT2D eigenvalue weighted by molar-refractivity contribution is 0.0685. The van der Waals surface area contributed by atoms with Gasteiger partial charge in [0.05, 0.1) is 6.54 Å². The summed E-state index contributed by atoms with van der Waals surface area (Å²) < 4.78 is 4.95. The van der Waals surface area contributed by atoms with Crippen molar-refractivity contribution in [3.05, 3.63) is 53.4 Å². The second-order valence-electron chi connectivity index (χ2n) is 4.72. The van der Waals surface area contributed by atoms with Crippen molar-refractivity contribution in [1.82, 2.24) is 10.5 Å². The molecule has 0 aliphatic heterocycles. The summed E-state index contributed by atoms with van der Waals surface area (Å²) in [6.45, 7) is 0.508. The Morgan fingerprint density at radius 1 is 1.42 bits per heavy atom. The molecule has 0 bridgehead atoms. The quantitative estimate of drug-likeness (QED) is 0.858. The average Bonchev–Trinajstić information content (AvgIpc) is 3.05. The fraction of sp³-hybridized carbons (Fsp3) is 0.286. The molecule has 5 nitrogen and oxygen atoms in total. The zero-order valence-electron chi connectivity index (χ0n) is 10.2. The molecule has 3 rings (SSSR count). The minimum atomic E-state index is -1.07. The van der Waals surface area contributed by atoms with E-state index in [9.17, 15) is 4.79 Å². The Bertz CT molecular complexity index is 579. The molecule has 1 aromatic carbocycles. The van der Waals surface area contributed by atoms with Crippen LogP contribution in [0.25, 0.3) is 0 Å². The van der Waals surface area contributed by atoms with Gasteiger partial charge in [-0.15, -0.1) is 0 Å². The van der Waals surface area contributed by atoms with E-state index in [0.29, 0.717) is 24.3 Å². The van der Waals surface area contributed by atoms with Gasteiger partial charge in [0.25, 0.3) is 0 Å². The number of hydrogen-bond acceptors (Lipinski definition) is 4. The monoisotopic (exact) mass is 258 g/mol. The van der Waals surface area contributed by atoms with E-state index >= 15 is 0 Å². The number of hydrogen-bond donors (Lipinski definition) is 2. The van der Waals surface area contributed by atoms with Gasteiger partial charge >= 0.3 is 5.97 Å². The van der Waals surface area contributed by atoms with Crippen LogP contribution >= 0.6 is 0 Å². The van der Waals surface area contributed by atoms with Crippen molar-refractivity contribution in [2.24, 2.45) is 0 Å². The summed E-state index contributed by atoms with van der Waals surface area (Å²) in [4.78, 5) is 10.7. The molecule has 1 aromatic heterocycles. The Labute approximate surface area is 110 Å². The highest BCUT2D eigenvalue weighted by Gasteiger charge is 2.37. The molecule has 2 atom stereocenters. The average molecular weight is 258 g/mol. The highest BCUT2D eigenvalue weighted by molar-refractivity contribution is 5.85. The molecule has 0 radical (unpaired) electrons. The van der Waals surface area contributed by atoms with E-state index < -0.39 is 5.97 Å². The molecule has 1 aliphatic rings. The first-order chi connectivity index (χ1) is 9.24. The van der Waals surface area contributed by atoms with Gasteiger partial charge in [-0.1, -0.05) is 35.5 Å². The van der Waals surface area contributed by atoms with Crippen LogP contribution in [0.15, 0.2) is 40.9 Å². The van der Waals surface area contributed by atoms with Crippen molar-refractivity contribution < 1.29 is 14.4 Å². The second kappa shape index (κ2) is 4.85. The molecular weight excluding hydrogens is 244 g/mol. The SMILES string of the molecule is O=C(O)c1cc(CNC2CC2c2ccccc2)on1. The van der Waals surface area contributed by atoms with Crippen LogP contribution in [-0.2, 0) is 6.54 Å². The van der Waals surface area contributed by atoms with Gasteiger partial charge in [0.15, 0.2) is 11.5 Å². The molecule has 5 heteroatoms. The predicted molar refractivity (Wildman–Crippen MR) is 67.9 cm³/mol. The number of carbonyl (C=O) groups is 1. The molecule has 2 aromatic rings. The van der Waals surface area contributed by atoms with Crippen molar-refractivity contribution in [2.45, 2.75) is 24.9 Å². The van der Waals surface area contributed by atoms with E-state index in [2.05, 4.69) is 22.6 Å². The third-order valence-corrected chi connectivity index (χ3v) is 3.33. The van der Waals surface area contributed by atoms with Crippen molar-refractivity contribution in [1.29, 1.82) is 0 Å². The number of aromatic nitrogens is 1. The van der Waals surface area contributed by atoms with Crippen LogP contribution in [0.5, 0.6) is 0 Å². The molecule has 1 heterocycles. The van der Waals surface area contributed by atoms with Crippen LogP contribution in [0.4, 0.5) is 0 Å². The molecule has 1 aliphatic carbocycles. The zero-order valence-corrected chi connectivity index (χ0v) is 10.2. The third-order valence-electron chi connectivity index (χ3n) is 3.33. The van der Waals surface area contributed by atoms with Crippen LogP contribution in [0.1, 0.15) is 34.2 Å². The van der Waals surface area contributed by atoms with Crippen molar-refractivity contribution in [3.8, 4) is 0 Å². The van der Waals surface area contributed by atoms with Gasteiger partial charge in [0.2, 0.25) is 0 Å². The van der Waals surface area contributed by atoms with E-state index in [1.54, 1.807) is 0 Å². The minimum absolute atomic E-state index is 0.0489. The van der Waals surface area contributed by atoms with Gasteiger partial charge < -0.3 is 14.9 Å². The fourth-order valence-electron chi connectivity index (χ4n) is 2.22. The van der Waals surface area contributed by atoms with Crippen LogP contribution in [0, 0.1) is 0 Å². The molecule has 2 unspecified atom stereocenters. The highest BCUT2D eigenvalue weighted by Crippen LogP contribution is 2.40. The molecule has 1 fully saturated rings. The van der Waals surface area contributed by atoms with Crippen LogP contribution in [0.3, 0.4) is 0 Å². The van der Waals surface area contributed by atoms with Gasteiger partial charge in [-0.2, -0.15) is 0 Å². The molecule has 19 heavy (non-hydrogen) atoms. The lowest BCUT2D eigenvalue weighted by atomic mass is 10.1. The molecular formula is C14H14N2O3. The Morgan fingerprint density at radius 2 is 2.21 bits per heavy atom. The minimum Gasteiger partial charge on any atom is -0.476 e. The third kappa shape index (κ3) is 2.66. The molecule has 0 spiro atoms. The van der Waals surface area contributed by atoms with Crippen LogP contribution in [-0.4, -0.2) is 22.3 Å². The highest BCUT2D eigenvalue weighted by atomic mass is 16.5. The first kappa shape index (κ1) is 11.9. The Morgan fingerprint density at radius 3 is 2.89 bits per heavy atom. The van der Waals surface area contributed by atoms with Crippen molar-refractivity contribution in [3.63, 3.8) is 0 Å². The number of carboxylic acid groups (broad SMARTS) is 1. The van der Waals surface area contributed by atoms with Crippen molar-refractivity contribution >= 4 is 5.97 Å². The summed E-state index contributed by atoms with van der Waals surface area (Å²) in [7, 11) is 0. The number of rotatable bonds is 5. The fourth-order valence-corrected chi connectivity index (χ4v) is 2.22. The second-order valence-corrected chi connectivity index (χ2v) is 4.72. The maximum absolute atomic E-state index is 10.7. The smallest absolute Gasteiger partial charge is 0.358 e. The topological polar surface area (TPSA) is 75.4 Å². The largest absolute Gasteiger partial charge is 0.476 e. The summed E-state index contributed by atoms with van der Waals surface area (Å²) in [6.07, 6.45) is 1.10. The van der Waals surface area contributed by atoms with Gasteiger partial charge in [0, 0.05) is 18.0 Å². The van der Waals surface area contributed by atoms with E-state index in [1.165, 1.54) is 11.6 Å². The summed E-state index contributed by atoms with van der Waals surface area (Å²) in [5.74, 6) is 0.0303. The summed E-state index contributed by atoms with van der Waals surface area (Å²) >= 11 is 0. The first-order valence-corrected chi connectivity index (χ1v) is 6.21. The Kier molecular flexibility index (Phi) is 3.05. The lowest BCUT2D eigenvalue weighted by Crippen LogP contribution is -2.16. The number of carboxylic acids is 1. The number of benzene rings is 1. The van der Waals surface area contributed by atoms with Gasteiger partial charge in [-0.25, -0.2) is 4.79 Å². The molecule has 2 N–H and O–H groups in total. The molecule has 1 saturated carbocycles. The standard InChI is InChI=1S/C14H14N2O3/c17-14(18)13-6-10(19-16-13)8-15-12-7-11(12)9-4-2-1-3-5-9/h1-6,11-12,15H,7-8H2,(H,17,18). The number of aromatic carboxylic acids is 1. The Balaban J connectivity index is 1.53. The van der Waals surface area contributed by atoms with Crippen LogP contribution < -0.4 is 5.32 Å².